The number of ether oxygens (including phenoxy) is 1. The van der Waals surface area contributed by atoms with E-state index >= 15 is 0 Å². The van der Waals surface area contributed by atoms with Gasteiger partial charge in [-0.3, -0.25) is 33.8 Å². The number of hydrogen-bond acceptors (Lipinski definition) is 7. The third-order valence-corrected chi connectivity index (χ3v) is 9.71. The highest BCUT2D eigenvalue weighted by Crippen LogP contribution is 2.66. The molecule has 10 nitrogen and oxygen atoms in total. The van der Waals surface area contributed by atoms with Crippen molar-refractivity contribution in [2.24, 2.45) is 17.8 Å². The van der Waals surface area contributed by atoms with E-state index in [0.29, 0.717) is 5.57 Å². The number of carboxylic acid groups (broad SMARTS) is 1. The molecule has 2 saturated heterocycles. The quantitative estimate of drug-likeness (QED) is 0.304. The normalized spacial score (nSPS) is 34.2. The number of nitrogens with zero attached hydrogens (tertiary/aromatic N) is 2. The van der Waals surface area contributed by atoms with Gasteiger partial charge in [-0.1, -0.05) is 23.8 Å². The summed E-state index contributed by atoms with van der Waals surface area (Å²) in [5, 5.41) is 20.3. The van der Waals surface area contributed by atoms with Crippen molar-refractivity contribution < 1.29 is 38.9 Å². The highest BCUT2D eigenvalue weighted by molar-refractivity contribution is 6.53. The Morgan fingerprint density at radius 3 is 2.50 bits per heavy atom. The molecule has 4 aliphatic rings. The van der Waals surface area contributed by atoms with E-state index in [4.69, 9.17) is 33.0 Å². The molecule has 3 fully saturated rings. The Kier molecular flexibility index (Phi) is 6.26. The number of benzene rings is 1. The number of imide groups is 2. The fourth-order valence-electron chi connectivity index (χ4n) is 6.63. The number of likely N-dealkylation sites (tertiary alicyclic amines) is 2. The summed E-state index contributed by atoms with van der Waals surface area (Å²) in [5.41, 5.74) is 0.737. The number of carbonyl (C=O) groups is 5. The summed E-state index contributed by atoms with van der Waals surface area (Å²) < 4.78 is 5.54. The zero-order valence-electron chi connectivity index (χ0n) is 20.6. The second-order valence-corrected chi connectivity index (χ2v) is 11.3. The minimum absolute atomic E-state index is 0.146. The van der Waals surface area contributed by atoms with E-state index < -0.39 is 69.4 Å². The first-order valence-corrected chi connectivity index (χ1v) is 13.1. The van der Waals surface area contributed by atoms with E-state index in [1.807, 2.05) is 0 Å². The SMILES string of the molecule is CCOc1cccc([C@H]2C3=CC[C@@H]4C(=O)N(CCC(=O)O)C(=O)[C@@H]4[C@@H]3C[C@@]3(Cl)C(=O)N(C)C(=O)[C@@]23Cl)c1O. The van der Waals surface area contributed by atoms with Crippen LogP contribution in [0.1, 0.15) is 37.7 Å². The summed E-state index contributed by atoms with van der Waals surface area (Å²) >= 11 is 14.1. The molecule has 0 bridgehead atoms. The Hall–Kier alpha value is -3.11. The second kappa shape index (κ2) is 8.98. The number of phenolic OH excluding ortho intramolecular Hbond substituents is 1. The van der Waals surface area contributed by atoms with Crippen molar-refractivity contribution in [2.75, 3.05) is 20.2 Å². The molecule has 5 rings (SSSR count). The van der Waals surface area contributed by atoms with Gasteiger partial charge in [0.05, 0.1) is 24.9 Å². The van der Waals surface area contributed by atoms with Crippen molar-refractivity contribution in [3.05, 3.63) is 35.4 Å². The first-order valence-electron chi connectivity index (χ1n) is 12.3. The van der Waals surface area contributed by atoms with E-state index in [-0.39, 0.29) is 43.1 Å². The van der Waals surface area contributed by atoms with Gasteiger partial charge in [0, 0.05) is 25.1 Å². The van der Waals surface area contributed by atoms with E-state index in [1.165, 1.54) is 7.05 Å². The van der Waals surface area contributed by atoms with Crippen LogP contribution in [0.2, 0.25) is 0 Å². The van der Waals surface area contributed by atoms with E-state index in [0.717, 1.165) is 9.80 Å². The Morgan fingerprint density at radius 2 is 1.84 bits per heavy atom. The van der Waals surface area contributed by atoms with Crippen molar-refractivity contribution >= 4 is 52.8 Å². The van der Waals surface area contributed by atoms with Crippen LogP contribution in [0.25, 0.3) is 0 Å². The van der Waals surface area contributed by atoms with Crippen molar-refractivity contribution in [1.82, 2.24) is 9.80 Å². The summed E-state index contributed by atoms with van der Waals surface area (Å²) in [6, 6.07) is 4.74. The predicted octanol–water partition coefficient (Wildman–Crippen LogP) is 2.25. The molecular formula is C26H26Cl2N2O8. The molecule has 38 heavy (non-hydrogen) atoms. The lowest BCUT2D eigenvalue weighted by molar-refractivity contribution is -0.143. The standard InChI is InChI=1S/C26H26Cl2N2O8/c1-3-38-16-6-4-5-14(20(16)33)19-12-7-8-13-18(22(35)30(21(13)34)10-9-17(31)32)15(12)11-25(27)23(36)29(2)24(37)26(19,25)28/h4-7,13,15,18-19,33H,3,8-11H2,1-2H3,(H,31,32)/t13-,15+,18-,19+,25+,26-/m0/s1. The third kappa shape index (κ3) is 3.35. The molecule has 202 valence electrons. The van der Waals surface area contributed by atoms with E-state index in [2.05, 4.69) is 0 Å². The highest BCUT2D eigenvalue weighted by Gasteiger charge is 2.76. The molecule has 6 atom stereocenters. The zero-order chi connectivity index (χ0) is 27.7. The fourth-order valence-corrected chi connectivity index (χ4v) is 7.64. The van der Waals surface area contributed by atoms with Crippen molar-refractivity contribution in [2.45, 2.75) is 41.9 Å². The van der Waals surface area contributed by atoms with Crippen LogP contribution in [-0.4, -0.2) is 79.6 Å². The van der Waals surface area contributed by atoms with Crippen LogP contribution in [0.3, 0.4) is 0 Å². The monoisotopic (exact) mass is 564 g/mol. The zero-order valence-corrected chi connectivity index (χ0v) is 22.2. The number of carboxylic acids is 1. The molecule has 1 saturated carbocycles. The average molecular weight is 565 g/mol. The lowest BCUT2D eigenvalue weighted by Crippen LogP contribution is -2.60. The fraction of sp³-hybridized carbons (Fsp3) is 0.500. The van der Waals surface area contributed by atoms with Crippen LogP contribution >= 0.6 is 23.2 Å². The van der Waals surface area contributed by atoms with Gasteiger partial charge in [0.2, 0.25) is 11.8 Å². The summed E-state index contributed by atoms with van der Waals surface area (Å²) in [6.07, 6.45) is 1.30. The van der Waals surface area contributed by atoms with Gasteiger partial charge in [0.15, 0.2) is 21.2 Å². The maximum atomic E-state index is 13.6. The van der Waals surface area contributed by atoms with Gasteiger partial charge in [-0.2, -0.15) is 0 Å². The lowest BCUT2D eigenvalue weighted by atomic mass is 9.56. The van der Waals surface area contributed by atoms with Gasteiger partial charge in [0.1, 0.15) is 0 Å². The molecule has 2 N–H and O–H groups in total. The van der Waals surface area contributed by atoms with E-state index in [9.17, 15) is 29.1 Å². The van der Waals surface area contributed by atoms with Gasteiger partial charge >= 0.3 is 5.97 Å². The van der Waals surface area contributed by atoms with Crippen LogP contribution in [-0.2, 0) is 24.0 Å². The number of alkyl halides is 2. The first kappa shape index (κ1) is 26.5. The molecule has 0 aromatic heterocycles. The van der Waals surface area contributed by atoms with Crippen LogP contribution < -0.4 is 4.74 Å². The molecule has 0 radical (unpaired) electrons. The molecule has 2 heterocycles. The number of hydrogen-bond donors (Lipinski definition) is 2. The number of fused-ring (bicyclic) bond motifs is 4. The number of carbonyl (C=O) groups excluding carboxylic acids is 4. The number of rotatable bonds is 6. The van der Waals surface area contributed by atoms with Crippen molar-refractivity contribution in [3.8, 4) is 11.5 Å². The number of allylic oxidation sites excluding steroid dienone is 2. The molecule has 12 heteroatoms. The summed E-state index contributed by atoms with van der Waals surface area (Å²) in [6.45, 7) is 1.73. The Morgan fingerprint density at radius 1 is 1.13 bits per heavy atom. The van der Waals surface area contributed by atoms with Gasteiger partial charge in [0.25, 0.3) is 11.8 Å². The first-order chi connectivity index (χ1) is 17.9. The molecule has 4 amide bonds. The molecule has 1 aromatic carbocycles. The van der Waals surface area contributed by atoms with Crippen LogP contribution in [0.15, 0.2) is 29.8 Å². The number of aliphatic carboxylic acids is 1. The lowest BCUT2D eigenvalue weighted by Gasteiger charge is -2.50. The van der Waals surface area contributed by atoms with Crippen molar-refractivity contribution in [3.63, 3.8) is 0 Å². The maximum Gasteiger partial charge on any atom is 0.305 e. The summed E-state index contributed by atoms with van der Waals surface area (Å²) in [7, 11) is 1.28. The van der Waals surface area contributed by atoms with Gasteiger partial charge < -0.3 is 14.9 Å². The second-order valence-electron chi connectivity index (χ2n) is 10.1. The number of amides is 4. The van der Waals surface area contributed by atoms with E-state index in [1.54, 1.807) is 31.2 Å². The Labute approximate surface area is 228 Å². The molecule has 0 unspecified atom stereocenters. The topological polar surface area (TPSA) is 142 Å². The molecule has 0 spiro atoms. The minimum Gasteiger partial charge on any atom is -0.504 e. The summed E-state index contributed by atoms with van der Waals surface area (Å²) in [5.74, 6) is -7.30. The van der Waals surface area contributed by atoms with Gasteiger partial charge in [-0.15, -0.1) is 23.2 Å². The molecule has 2 aliphatic heterocycles. The number of aromatic hydroxyl groups is 1. The number of phenols is 1. The third-order valence-electron chi connectivity index (χ3n) is 8.30. The van der Waals surface area contributed by atoms with Gasteiger partial charge in [-0.05, 0) is 31.7 Å². The minimum atomic E-state index is -2.02. The van der Waals surface area contributed by atoms with Crippen molar-refractivity contribution in [1.29, 1.82) is 0 Å². The Balaban J connectivity index is 1.68. The van der Waals surface area contributed by atoms with Crippen LogP contribution in [0.5, 0.6) is 11.5 Å². The van der Waals surface area contributed by atoms with Gasteiger partial charge in [-0.25, -0.2) is 0 Å². The van der Waals surface area contributed by atoms with Crippen LogP contribution in [0.4, 0.5) is 0 Å². The Bertz CT molecular complexity index is 1310. The van der Waals surface area contributed by atoms with Crippen LogP contribution in [0, 0.1) is 17.8 Å². The number of para-hydroxylation sites is 1. The largest absolute Gasteiger partial charge is 0.504 e. The average Bonchev–Trinajstić information content (AvgIpc) is 3.19. The molecular weight excluding hydrogens is 539 g/mol. The predicted molar refractivity (Wildman–Crippen MR) is 134 cm³/mol. The molecule has 1 aromatic rings. The highest BCUT2D eigenvalue weighted by atomic mass is 35.5. The molecule has 2 aliphatic carbocycles. The summed E-state index contributed by atoms with van der Waals surface area (Å²) in [4.78, 5) is 62.6. The maximum absolute atomic E-state index is 13.6. The smallest absolute Gasteiger partial charge is 0.305 e. The number of halogens is 2.